The van der Waals surface area contributed by atoms with Crippen LogP contribution < -0.4 is 10.1 Å². The highest BCUT2D eigenvalue weighted by atomic mass is 16.5. The molecule has 116 valence electrons. The molecule has 1 saturated carbocycles. The molecule has 1 aromatic rings. The molecule has 1 fully saturated rings. The molecule has 0 amide bonds. The number of rotatable bonds is 2. The van der Waals surface area contributed by atoms with E-state index < -0.39 is 0 Å². The summed E-state index contributed by atoms with van der Waals surface area (Å²) in [5.41, 5.74) is 4.20. The molecule has 2 nitrogen and oxygen atoms in total. The number of hydrogen-bond donors (Lipinski definition) is 1. The van der Waals surface area contributed by atoms with Crippen molar-refractivity contribution in [1.82, 2.24) is 0 Å². The average molecular weight is 287 g/mol. The van der Waals surface area contributed by atoms with Gasteiger partial charge >= 0.3 is 0 Å². The number of fused-ring (bicyclic) bond motifs is 2. The number of ether oxygens (including phenoxy) is 1. The summed E-state index contributed by atoms with van der Waals surface area (Å²) in [7, 11) is 0. The molecule has 0 bridgehead atoms. The maximum atomic E-state index is 6.35. The second kappa shape index (κ2) is 5.23. The van der Waals surface area contributed by atoms with Crippen LogP contribution in [0.3, 0.4) is 0 Å². The molecule has 3 rings (SSSR count). The predicted molar refractivity (Wildman–Crippen MR) is 89.2 cm³/mol. The van der Waals surface area contributed by atoms with Gasteiger partial charge in [-0.05, 0) is 61.6 Å². The van der Waals surface area contributed by atoms with E-state index in [4.69, 9.17) is 4.74 Å². The van der Waals surface area contributed by atoms with Crippen LogP contribution in [-0.4, -0.2) is 12.1 Å². The summed E-state index contributed by atoms with van der Waals surface area (Å²) in [6, 6.07) is 4.92. The number of hydrogen-bond acceptors (Lipinski definition) is 2. The van der Waals surface area contributed by atoms with Gasteiger partial charge in [0, 0.05) is 0 Å². The Morgan fingerprint density at radius 1 is 1.24 bits per heavy atom. The molecule has 1 aliphatic heterocycles. The lowest BCUT2D eigenvalue weighted by Crippen LogP contribution is -2.48. The van der Waals surface area contributed by atoms with Gasteiger partial charge in [0.2, 0.25) is 0 Å². The second-order valence-electron chi connectivity index (χ2n) is 7.72. The summed E-state index contributed by atoms with van der Waals surface area (Å²) in [4.78, 5) is 0. The van der Waals surface area contributed by atoms with Crippen LogP contribution in [-0.2, 0) is 0 Å². The van der Waals surface area contributed by atoms with Crippen LogP contribution in [0.15, 0.2) is 12.1 Å². The van der Waals surface area contributed by atoms with Crippen LogP contribution in [0.4, 0.5) is 5.69 Å². The number of nitrogens with one attached hydrogen (secondary N) is 1. The van der Waals surface area contributed by atoms with Gasteiger partial charge in [0.1, 0.15) is 11.9 Å². The van der Waals surface area contributed by atoms with Gasteiger partial charge in [-0.1, -0.05) is 33.3 Å². The van der Waals surface area contributed by atoms with Crippen molar-refractivity contribution in [3.63, 3.8) is 0 Å². The van der Waals surface area contributed by atoms with E-state index in [0.29, 0.717) is 17.6 Å². The van der Waals surface area contributed by atoms with E-state index in [0.717, 1.165) is 11.7 Å². The van der Waals surface area contributed by atoms with E-state index in [1.165, 1.54) is 42.5 Å². The van der Waals surface area contributed by atoms with E-state index >= 15 is 0 Å². The molecule has 3 unspecified atom stereocenters. The Kier molecular flexibility index (Phi) is 3.67. The van der Waals surface area contributed by atoms with Gasteiger partial charge in [-0.3, -0.25) is 0 Å². The molecule has 1 N–H and O–H groups in total. The first-order valence-electron chi connectivity index (χ1n) is 8.45. The maximum absolute atomic E-state index is 6.35. The third-order valence-electron chi connectivity index (χ3n) is 5.83. The minimum absolute atomic E-state index is 0.350. The zero-order valence-electron chi connectivity index (χ0n) is 14.1. The Hall–Kier alpha value is -1.18. The Balaban J connectivity index is 1.82. The molecule has 0 radical (unpaired) electrons. The first kappa shape index (κ1) is 14.7. The molecular formula is C19H29NO. The largest absolute Gasteiger partial charge is 0.486 e. The van der Waals surface area contributed by atoms with E-state index in [1.54, 1.807) is 0 Å². The van der Waals surface area contributed by atoms with Gasteiger partial charge in [0.25, 0.3) is 0 Å². The minimum Gasteiger partial charge on any atom is -0.486 e. The van der Waals surface area contributed by atoms with Crippen molar-refractivity contribution in [3.8, 4) is 5.75 Å². The molecule has 0 spiro atoms. The van der Waals surface area contributed by atoms with E-state index in [9.17, 15) is 0 Å². The molecule has 2 aliphatic rings. The van der Waals surface area contributed by atoms with Gasteiger partial charge in [-0.25, -0.2) is 0 Å². The Morgan fingerprint density at radius 2 is 2.00 bits per heavy atom. The molecule has 2 heteroatoms. The highest BCUT2D eigenvalue weighted by Crippen LogP contribution is 2.45. The predicted octanol–water partition coefficient (Wildman–Crippen LogP) is 5.08. The zero-order valence-corrected chi connectivity index (χ0v) is 14.1. The third kappa shape index (κ3) is 2.65. The second-order valence-corrected chi connectivity index (χ2v) is 7.72. The van der Waals surface area contributed by atoms with Crippen LogP contribution in [0.1, 0.15) is 57.6 Å². The van der Waals surface area contributed by atoms with Crippen molar-refractivity contribution in [3.05, 3.63) is 23.3 Å². The summed E-state index contributed by atoms with van der Waals surface area (Å²) in [6.07, 6.45) is 5.31. The van der Waals surface area contributed by atoms with E-state index in [1.807, 2.05) is 0 Å². The standard InChI is InChI=1S/C19H29NO/c1-6-19(4,5)14-7-8-17-15(11-14)20-16-10-12(2)9-13(3)18(16)21-17/h9-10,14-15,17,20H,6-8,11H2,1-5H3. The quantitative estimate of drug-likeness (QED) is 0.819. The summed E-state index contributed by atoms with van der Waals surface area (Å²) >= 11 is 0. The van der Waals surface area contributed by atoms with E-state index in [-0.39, 0.29) is 0 Å². The number of benzene rings is 1. The van der Waals surface area contributed by atoms with Gasteiger partial charge in [-0.15, -0.1) is 0 Å². The smallest absolute Gasteiger partial charge is 0.145 e. The summed E-state index contributed by atoms with van der Waals surface area (Å²) in [5, 5.41) is 3.78. The van der Waals surface area contributed by atoms with Crippen LogP contribution >= 0.6 is 0 Å². The number of aryl methyl sites for hydroxylation is 2. The third-order valence-corrected chi connectivity index (χ3v) is 5.83. The molecule has 0 aromatic heterocycles. The van der Waals surface area contributed by atoms with Gasteiger partial charge in [0.05, 0.1) is 11.7 Å². The first-order chi connectivity index (χ1) is 9.90. The van der Waals surface area contributed by atoms with Crippen molar-refractivity contribution >= 4 is 5.69 Å². The fraction of sp³-hybridized carbons (Fsp3) is 0.684. The molecule has 1 aromatic carbocycles. The normalized spacial score (nSPS) is 28.1. The first-order valence-corrected chi connectivity index (χ1v) is 8.45. The lowest BCUT2D eigenvalue weighted by atomic mass is 9.67. The lowest BCUT2D eigenvalue weighted by Gasteiger charge is -2.46. The van der Waals surface area contributed by atoms with Gasteiger partial charge in [-0.2, -0.15) is 0 Å². The molecule has 21 heavy (non-hydrogen) atoms. The van der Waals surface area contributed by atoms with Crippen LogP contribution in [0, 0.1) is 25.2 Å². The molecule has 3 atom stereocenters. The fourth-order valence-corrected chi connectivity index (χ4v) is 4.00. The Labute approximate surface area is 129 Å². The van der Waals surface area contributed by atoms with E-state index in [2.05, 4.69) is 52.1 Å². The summed E-state index contributed by atoms with van der Waals surface area (Å²) in [6.45, 7) is 11.5. The average Bonchev–Trinajstić information content (AvgIpc) is 2.44. The van der Waals surface area contributed by atoms with Crippen molar-refractivity contribution in [2.24, 2.45) is 11.3 Å². The highest BCUT2D eigenvalue weighted by molar-refractivity contribution is 5.63. The Bertz CT molecular complexity index is 535. The fourth-order valence-electron chi connectivity index (χ4n) is 4.00. The molecule has 0 saturated heterocycles. The van der Waals surface area contributed by atoms with Crippen LogP contribution in [0.5, 0.6) is 5.75 Å². The summed E-state index contributed by atoms with van der Waals surface area (Å²) < 4.78 is 6.35. The SMILES string of the molecule is CCC(C)(C)C1CCC2Oc3c(C)cc(C)cc3NC2C1. The lowest BCUT2D eigenvalue weighted by molar-refractivity contribution is 0.0608. The zero-order chi connectivity index (χ0) is 15.2. The topological polar surface area (TPSA) is 21.3 Å². The number of anilines is 1. The van der Waals surface area contributed by atoms with Crippen LogP contribution in [0.2, 0.25) is 0 Å². The van der Waals surface area contributed by atoms with Crippen LogP contribution in [0.25, 0.3) is 0 Å². The van der Waals surface area contributed by atoms with Gasteiger partial charge in [0.15, 0.2) is 0 Å². The van der Waals surface area contributed by atoms with Crippen molar-refractivity contribution in [1.29, 1.82) is 0 Å². The molecule has 1 aliphatic carbocycles. The molecular weight excluding hydrogens is 258 g/mol. The van der Waals surface area contributed by atoms with Gasteiger partial charge < -0.3 is 10.1 Å². The maximum Gasteiger partial charge on any atom is 0.145 e. The molecule has 1 heterocycles. The minimum atomic E-state index is 0.350. The Morgan fingerprint density at radius 3 is 2.71 bits per heavy atom. The summed E-state index contributed by atoms with van der Waals surface area (Å²) in [5.74, 6) is 1.88. The highest BCUT2D eigenvalue weighted by Gasteiger charge is 2.40. The van der Waals surface area contributed by atoms with Crippen molar-refractivity contribution in [2.45, 2.75) is 72.4 Å². The van der Waals surface area contributed by atoms with Crippen molar-refractivity contribution < 1.29 is 4.74 Å². The van der Waals surface area contributed by atoms with Crippen molar-refractivity contribution in [2.75, 3.05) is 5.32 Å². The monoisotopic (exact) mass is 287 g/mol.